The van der Waals surface area contributed by atoms with Crippen LogP contribution in [0.1, 0.15) is 11.4 Å². The van der Waals surface area contributed by atoms with E-state index in [0.717, 1.165) is 4.90 Å². The van der Waals surface area contributed by atoms with Gasteiger partial charge < -0.3 is 4.90 Å². The minimum Gasteiger partial charge on any atom is -0.341 e. The lowest BCUT2D eigenvalue weighted by Gasteiger charge is -2.32. The SMILES string of the molecule is CN1c2ccccc2Sc2c(C(F)(F)F)nnc(C(F)(F)F)c21. The van der Waals surface area contributed by atoms with Crippen molar-refractivity contribution in [2.24, 2.45) is 0 Å². The van der Waals surface area contributed by atoms with Gasteiger partial charge in [-0.3, -0.25) is 0 Å². The molecule has 3 nitrogen and oxygen atoms in total. The highest BCUT2D eigenvalue weighted by molar-refractivity contribution is 7.99. The molecule has 122 valence electrons. The Morgan fingerprint density at radius 2 is 1.48 bits per heavy atom. The second-order valence-corrected chi connectivity index (χ2v) is 5.75. The van der Waals surface area contributed by atoms with Crippen molar-refractivity contribution in [1.82, 2.24) is 10.2 Å². The maximum Gasteiger partial charge on any atom is 0.437 e. The van der Waals surface area contributed by atoms with Crippen LogP contribution in [0.2, 0.25) is 0 Å². The molecule has 0 aliphatic carbocycles. The van der Waals surface area contributed by atoms with Gasteiger partial charge in [0.05, 0.1) is 16.3 Å². The zero-order chi connectivity index (χ0) is 17.0. The first-order valence-corrected chi connectivity index (χ1v) is 6.98. The van der Waals surface area contributed by atoms with Gasteiger partial charge >= 0.3 is 12.4 Å². The van der Waals surface area contributed by atoms with Crippen molar-refractivity contribution in [3.05, 3.63) is 35.7 Å². The van der Waals surface area contributed by atoms with Gasteiger partial charge in [0.1, 0.15) is 0 Å². The molecule has 0 atom stereocenters. The number of benzene rings is 1. The number of hydrogen-bond donors (Lipinski definition) is 0. The molecular weight excluding hydrogens is 344 g/mol. The van der Waals surface area contributed by atoms with Crippen LogP contribution >= 0.6 is 11.8 Å². The Kier molecular flexibility index (Phi) is 3.47. The molecule has 0 saturated carbocycles. The van der Waals surface area contributed by atoms with Crippen molar-refractivity contribution < 1.29 is 26.3 Å². The molecule has 0 fully saturated rings. The summed E-state index contributed by atoms with van der Waals surface area (Å²) >= 11 is 0.606. The predicted molar refractivity (Wildman–Crippen MR) is 70.7 cm³/mol. The second kappa shape index (κ2) is 5.02. The average Bonchev–Trinajstić information content (AvgIpc) is 2.44. The first-order chi connectivity index (χ1) is 10.6. The van der Waals surface area contributed by atoms with Gasteiger partial charge in [-0.15, -0.1) is 10.2 Å². The van der Waals surface area contributed by atoms with Gasteiger partial charge in [-0.1, -0.05) is 23.9 Å². The van der Waals surface area contributed by atoms with E-state index < -0.39 is 34.3 Å². The Morgan fingerprint density at radius 3 is 2.09 bits per heavy atom. The predicted octanol–water partition coefficient (Wildman–Crippen LogP) is 4.75. The third-order valence-electron chi connectivity index (χ3n) is 3.22. The number of halogens is 6. The summed E-state index contributed by atoms with van der Waals surface area (Å²) in [5, 5.41) is 5.60. The van der Waals surface area contributed by atoms with Crippen LogP contribution in [0.15, 0.2) is 34.1 Å². The van der Waals surface area contributed by atoms with Crippen LogP contribution < -0.4 is 4.90 Å². The number of alkyl halides is 6. The van der Waals surface area contributed by atoms with E-state index in [1.807, 2.05) is 0 Å². The van der Waals surface area contributed by atoms with Gasteiger partial charge in [0.15, 0.2) is 11.4 Å². The molecule has 0 unspecified atom stereocenters. The van der Waals surface area contributed by atoms with Crippen LogP contribution in [0.25, 0.3) is 0 Å². The molecule has 0 N–H and O–H groups in total. The Labute approximate surface area is 130 Å². The maximum atomic E-state index is 13.1. The quantitative estimate of drug-likeness (QED) is 0.641. The Morgan fingerprint density at radius 1 is 0.913 bits per heavy atom. The summed E-state index contributed by atoms with van der Waals surface area (Å²) in [6.07, 6.45) is -9.82. The number of rotatable bonds is 0. The van der Waals surface area contributed by atoms with Gasteiger partial charge in [0.25, 0.3) is 0 Å². The number of anilines is 2. The molecular formula is C13H7F6N3S. The summed E-state index contributed by atoms with van der Waals surface area (Å²) in [6.45, 7) is 0. The Balaban J connectivity index is 2.32. The fourth-order valence-electron chi connectivity index (χ4n) is 2.25. The summed E-state index contributed by atoms with van der Waals surface area (Å²) in [4.78, 5) is 0.878. The van der Waals surface area contributed by atoms with Crippen LogP contribution in [-0.4, -0.2) is 17.2 Å². The molecule has 10 heteroatoms. The molecule has 0 bridgehead atoms. The van der Waals surface area contributed by atoms with Crippen molar-refractivity contribution in [3.8, 4) is 0 Å². The van der Waals surface area contributed by atoms with Crippen LogP contribution in [0.3, 0.4) is 0 Å². The van der Waals surface area contributed by atoms with E-state index in [4.69, 9.17) is 0 Å². The number of para-hydroxylation sites is 1. The van der Waals surface area contributed by atoms with Crippen LogP contribution in [-0.2, 0) is 12.4 Å². The molecule has 1 aliphatic heterocycles. The summed E-state index contributed by atoms with van der Waals surface area (Å²) in [7, 11) is 1.27. The first kappa shape index (κ1) is 15.9. The normalized spacial score (nSPS) is 14.5. The van der Waals surface area contributed by atoms with E-state index in [0.29, 0.717) is 22.3 Å². The van der Waals surface area contributed by atoms with Crippen LogP contribution in [0.5, 0.6) is 0 Å². The molecule has 0 spiro atoms. The lowest BCUT2D eigenvalue weighted by atomic mass is 10.2. The Bertz CT molecular complexity index is 771. The summed E-state index contributed by atoms with van der Waals surface area (Å²) in [5.41, 5.74) is -3.13. The number of hydrogen-bond acceptors (Lipinski definition) is 4. The first-order valence-electron chi connectivity index (χ1n) is 6.16. The number of fused-ring (bicyclic) bond motifs is 2. The van der Waals surface area contributed by atoms with Crippen molar-refractivity contribution in [2.45, 2.75) is 22.1 Å². The fraction of sp³-hybridized carbons (Fsp3) is 0.231. The van der Waals surface area contributed by atoms with Gasteiger partial charge in [-0.05, 0) is 12.1 Å². The lowest BCUT2D eigenvalue weighted by Crippen LogP contribution is -2.25. The van der Waals surface area contributed by atoms with E-state index in [1.54, 1.807) is 12.1 Å². The zero-order valence-corrected chi connectivity index (χ0v) is 12.1. The molecule has 3 rings (SSSR count). The largest absolute Gasteiger partial charge is 0.437 e. The summed E-state index contributed by atoms with van der Waals surface area (Å²) in [5.74, 6) is 0. The Hall–Kier alpha value is -1.97. The smallest absolute Gasteiger partial charge is 0.341 e. The topological polar surface area (TPSA) is 29.0 Å². The second-order valence-electron chi connectivity index (χ2n) is 4.70. The van der Waals surface area contributed by atoms with E-state index in [9.17, 15) is 26.3 Å². The molecule has 0 radical (unpaired) electrons. The van der Waals surface area contributed by atoms with Crippen molar-refractivity contribution in [3.63, 3.8) is 0 Å². The van der Waals surface area contributed by atoms with Gasteiger partial charge in [-0.25, -0.2) is 0 Å². The molecule has 2 heterocycles. The summed E-state index contributed by atoms with van der Waals surface area (Å²) in [6, 6.07) is 6.25. The van der Waals surface area contributed by atoms with Crippen LogP contribution in [0.4, 0.5) is 37.7 Å². The van der Waals surface area contributed by atoms with Crippen LogP contribution in [0, 0.1) is 0 Å². The molecule has 23 heavy (non-hydrogen) atoms. The highest BCUT2D eigenvalue weighted by Crippen LogP contribution is 2.53. The number of nitrogens with zero attached hydrogens (tertiary/aromatic N) is 3. The highest BCUT2D eigenvalue weighted by Gasteiger charge is 2.46. The standard InChI is InChI=1S/C13H7F6N3S/c1-22-6-4-2-3-5-7(6)23-9-8(22)10(12(14,15)16)20-21-11(9)13(17,18)19/h2-5H,1H3. The maximum absolute atomic E-state index is 13.1. The minimum atomic E-state index is -4.91. The summed E-state index contributed by atoms with van der Waals surface area (Å²) < 4.78 is 78.7. The van der Waals surface area contributed by atoms with E-state index in [2.05, 4.69) is 10.2 Å². The molecule has 1 aliphatic rings. The number of aromatic nitrogens is 2. The molecule has 1 aromatic heterocycles. The average molecular weight is 351 g/mol. The van der Waals surface area contributed by atoms with Gasteiger partial charge in [-0.2, -0.15) is 26.3 Å². The zero-order valence-electron chi connectivity index (χ0n) is 11.3. The minimum absolute atomic E-state index is 0.372. The highest BCUT2D eigenvalue weighted by atomic mass is 32.2. The molecule has 0 saturated heterocycles. The van der Waals surface area contributed by atoms with E-state index in [-0.39, 0.29) is 0 Å². The fourth-order valence-corrected chi connectivity index (χ4v) is 3.51. The molecule has 1 aromatic carbocycles. The van der Waals surface area contributed by atoms with Gasteiger partial charge in [0, 0.05) is 11.9 Å². The van der Waals surface area contributed by atoms with Crippen molar-refractivity contribution >= 4 is 23.1 Å². The van der Waals surface area contributed by atoms with Crippen molar-refractivity contribution in [1.29, 1.82) is 0 Å². The van der Waals surface area contributed by atoms with E-state index in [1.165, 1.54) is 19.2 Å². The van der Waals surface area contributed by atoms with E-state index >= 15 is 0 Å². The molecule has 2 aromatic rings. The lowest BCUT2D eigenvalue weighted by molar-refractivity contribution is -0.149. The van der Waals surface area contributed by atoms with Gasteiger partial charge in [0.2, 0.25) is 0 Å². The van der Waals surface area contributed by atoms with Crippen molar-refractivity contribution in [2.75, 3.05) is 11.9 Å². The molecule has 0 amide bonds. The monoisotopic (exact) mass is 351 g/mol. The third-order valence-corrected chi connectivity index (χ3v) is 4.37. The third kappa shape index (κ3) is 2.60.